The van der Waals surface area contributed by atoms with Gasteiger partial charge in [-0.1, -0.05) is 13.8 Å². The van der Waals surface area contributed by atoms with E-state index in [9.17, 15) is 9.59 Å². The van der Waals surface area contributed by atoms with Crippen LogP contribution >= 0.6 is 15.9 Å². The zero-order valence-corrected chi connectivity index (χ0v) is 15.9. The zero-order chi connectivity index (χ0) is 17.7. The lowest BCUT2D eigenvalue weighted by Crippen LogP contribution is -2.42. The first-order valence-electron chi connectivity index (χ1n) is 8.43. The Labute approximate surface area is 150 Å². The molecule has 0 radical (unpaired) electrons. The van der Waals surface area contributed by atoms with Crippen molar-refractivity contribution < 1.29 is 9.59 Å². The van der Waals surface area contributed by atoms with Gasteiger partial charge in [-0.25, -0.2) is 0 Å². The summed E-state index contributed by atoms with van der Waals surface area (Å²) in [4.78, 5) is 25.7. The second kappa shape index (κ2) is 8.62. The first-order valence-corrected chi connectivity index (χ1v) is 9.23. The minimum absolute atomic E-state index is 0.0391. The molecule has 134 valence electrons. The molecule has 0 saturated carbocycles. The van der Waals surface area contributed by atoms with Crippen LogP contribution in [0.5, 0.6) is 0 Å². The number of carbonyl (C=O) groups excluding carboxylic acids is 2. The fourth-order valence-corrected chi connectivity index (χ4v) is 3.77. The van der Waals surface area contributed by atoms with Crippen molar-refractivity contribution in [3.8, 4) is 0 Å². The molecular formula is C16H26BrN5O2. The van der Waals surface area contributed by atoms with Gasteiger partial charge in [-0.2, -0.15) is 5.10 Å². The molecule has 24 heavy (non-hydrogen) atoms. The Morgan fingerprint density at radius 2 is 2.25 bits per heavy atom. The number of nitrogens with zero attached hydrogens (tertiary/aromatic N) is 2. The Kier molecular flexibility index (Phi) is 6.79. The molecule has 0 aromatic carbocycles. The molecule has 1 aromatic rings. The van der Waals surface area contributed by atoms with Gasteiger partial charge in [0.15, 0.2) is 5.69 Å². The number of carbonyl (C=O) groups is 2. The fraction of sp³-hybridized carbons (Fsp3) is 0.688. The van der Waals surface area contributed by atoms with Crippen LogP contribution in [0.2, 0.25) is 0 Å². The number of nitrogens with one attached hydrogen (secondary N) is 2. The van der Waals surface area contributed by atoms with Crippen molar-refractivity contribution in [1.29, 1.82) is 0 Å². The van der Waals surface area contributed by atoms with Crippen LogP contribution in [0, 0.1) is 5.92 Å². The van der Waals surface area contributed by atoms with Gasteiger partial charge in [0.25, 0.3) is 5.91 Å². The van der Waals surface area contributed by atoms with Gasteiger partial charge < -0.3 is 16.0 Å². The summed E-state index contributed by atoms with van der Waals surface area (Å²) in [6.07, 6.45) is 2.71. The smallest absolute Gasteiger partial charge is 0.272 e. The van der Waals surface area contributed by atoms with Crippen molar-refractivity contribution in [1.82, 2.24) is 20.4 Å². The normalized spacial score (nSPS) is 18.8. The average molecular weight is 400 g/mol. The lowest BCUT2D eigenvalue weighted by atomic mass is 9.97. The maximum Gasteiger partial charge on any atom is 0.272 e. The summed E-state index contributed by atoms with van der Waals surface area (Å²) in [6, 6.07) is 0. The molecule has 2 rings (SSSR count). The van der Waals surface area contributed by atoms with Gasteiger partial charge in [-0.3, -0.25) is 14.7 Å². The van der Waals surface area contributed by atoms with Crippen molar-refractivity contribution in [2.45, 2.75) is 39.0 Å². The summed E-state index contributed by atoms with van der Waals surface area (Å²) in [5.74, 6) is -0.162. The zero-order valence-electron chi connectivity index (χ0n) is 14.3. The van der Waals surface area contributed by atoms with Crippen molar-refractivity contribution in [2.24, 2.45) is 11.7 Å². The summed E-state index contributed by atoms with van der Waals surface area (Å²) in [5, 5.41) is 9.89. The third kappa shape index (κ3) is 4.80. The molecule has 1 atom stereocenters. The molecule has 1 saturated heterocycles. The highest BCUT2D eigenvalue weighted by Crippen LogP contribution is 2.25. The lowest BCUT2D eigenvalue weighted by molar-refractivity contribution is -0.123. The molecule has 8 heteroatoms. The van der Waals surface area contributed by atoms with Crippen LogP contribution in [0.25, 0.3) is 0 Å². The van der Waals surface area contributed by atoms with Crippen molar-refractivity contribution in [3.63, 3.8) is 0 Å². The number of aromatic amines is 1. The monoisotopic (exact) mass is 399 g/mol. The molecule has 1 aliphatic rings. The Morgan fingerprint density at radius 3 is 2.88 bits per heavy atom. The fourth-order valence-electron chi connectivity index (χ4n) is 2.95. The molecule has 0 aliphatic carbocycles. The largest absolute Gasteiger partial charge is 0.369 e. The molecule has 1 unspecified atom stereocenters. The van der Waals surface area contributed by atoms with E-state index in [0.717, 1.165) is 49.1 Å². The van der Waals surface area contributed by atoms with Gasteiger partial charge in [0.1, 0.15) is 0 Å². The quantitative estimate of drug-likeness (QED) is 0.605. The molecule has 2 amide bonds. The minimum atomic E-state index is -0.211. The second-order valence-corrected chi connectivity index (χ2v) is 7.40. The number of nitrogens with two attached hydrogens (primary N) is 1. The maximum absolute atomic E-state index is 12.2. The topological polar surface area (TPSA) is 104 Å². The molecule has 0 spiro atoms. The van der Waals surface area contributed by atoms with Crippen LogP contribution in [-0.4, -0.2) is 53.1 Å². The molecule has 0 bridgehead atoms. The predicted molar refractivity (Wildman–Crippen MR) is 95.7 cm³/mol. The van der Waals surface area contributed by atoms with Crippen LogP contribution in [0.1, 0.15) is 55.2 Å². The van der Waals surface area contributed by atoms with Gasteiger partial charge >= 0.3 is 0 Å². The van der Waals surface area contributed by atoms with E-state index in [4.69, 9.17) is 5.73 Å². The molecule has 4 N–H and O–H groups in total. The van der Waals surface area contributed by atoms with Crippen molar-refractivity contribution in [3.05, 3.63) is 15.9 Å². The highest BCUT2D eigenvalue weighted by Gasteiger charge is 2.23. The molecule has 1 aromatic heterocycles. The Bertz CT molecular complexity index is 587. The molecular weight excluding hydrogens is 374 g/mol. The van der Waals surface area contributed by atoms with E-state index in [0.29, 0.717) is 12.2 Å². The number of hydrogen-bond donors (Lipinski definition) is 3. The van der Waals surface area contributed by atoms with Crippen LogP contribution in [0.3, 0.4) is 0 Å². The van der Waals surface area contributed by atoms with Crippen LogP contribution < -0.4 is 11.1 Å². The third-order valence-corrected chi connectivity index (χ3v) is 5.17. The Hall–Kier alpha value is -1.41. The molecule has 1 aliphatic heterocycles. The number of H-pyrrole nitrogens is 1. The number of rotatable bonds is 7. The number of amides is 2. The molecule has 1 fully saturated rings. The van der Waals surface area contributed by atoms with E-state index < -0.39 is 0 Å². The SMILES string of the molecule is CC(C)c1[nH]nc(C(=O)NCCCN2CCCC(C(N)=O)C2)c1Br. The van der Waals surface area contributed by atoms with E-state index in [-0.39, 0.29) is 23.7 Å². The highest BCUT2D eigenvalue weighted by atomic mass is 79.9. The number of aromatic nitrogens is 2. The first-order chi connectivity index (χ1) is 11.4. The van der Waals surface area contributed by atoms with E-state index >= 15 is 0 Å². The van der Waals surface area contributed by atoms with E-state index in [2.05, 4.69) is 36.3 Å². The summed E-state index contributed by atoms with van der Waals surface area (Å²) >= 11 is 3.44. The van der Waals surface area contributed by atoms with Gasteiger partial charge in [-0.05, 0) is 54.2 Å². The van der Waals surface area contributed by atoms with Crippen LogP contribution in [0.4, 0.5) is 0 Å². The summed E-state index contributed by atoms with van der Waals surface area (Å²) in [5.41, 5.74) is 6.70. The van der Waals surface area contributed by atoms with Gasteiger partial charge in [-0.15, -0.1) is 0 Å². The number of halogens is 1. The summed E-state index contributed by atoms with van der Waals surface area (Å²) in [6.45, 7) is 7.22. The standard InChI is InChI=1S/C16H26BrN5O2/c1-10(2)13-12(17)14(21-20-13)16(24)19-6-4-8-22-7-3-5-11(9-22)15(18)23/h10-11H,3-9H2,1-2H3,(H2,18,23)(H,19,24)(H,20,21). The van der Waals surface area contributed by atoms with Crippen LogP contribution in [-0.2, 0) is 4.79 Å². The van der Waals surface area contributed by atoms with Gasteiger partial charge in [0.05, 0.1) is 16.1 Å². The third-order valence-electron chi connectivity index (χ3n) is 4.37. The predicted octanol–water partition coefficient (Wildman–Crippen LogP) is 1.61. The molecule has 7 nitrogen and oxygen atoms in total. The van der Waals surface area contributed by atoms with E-state index in [1.54, 1.807) is 0 Å². The Morgan fingerprint density at radius 1 is 1.50 bits per heavy atom. The van der Waals surface area contributed by atoms with Crippen LogP contribution in [0.15, 0.2) is 4.47 Å². The second-order valence-electron chi connectivity index (χ2n) is 6.61. The maximum atomic E-state index is 12.2. The Balaban J connectivity index is 1.74. The summed E-state index contributed by atoms with van der Waals surface area (Å²) in [7, 11) is 0. The van der Waals surface area contributed by atoms with Crippen molar-refractivity contribution >= 4 is 27.7 Å². The minimum Gasteiger partial charge on any atom is -0.369 e. The molecule has 2 heterocycles. The highest BCUT2D eigenvalue weighted by molar-refractivity contribution is 9.10. The lowest BCUT2D eigenvalue weighted by Gasteiger charge is -2.31. The van der Waals surface area contributed by atoms with E-state index in [1.165, 1.54) is 0 Å². The van der Waals surface area contributed by atoms with Crippen molar-refractivity contribution in [2.75, 3.05) is 26.2 Å². The number of primary amides is 1. The van der Waals surface area contributed by atoms with Gasteiger partial charge in [0.2, 0.25) is 5.91 Å². The number of likely N-dealkylation sites (tertiary alicyclic amines) is 1. The van der Waals surface area contributed by atoms with E-state index in [1.807, 2.05) is 13.8 Å². The summed E-state index contributed by atoms with van der Waals surface area (Å²) < 4.78 is 0.732. The number of piperidine rings is 1. The van der Waals surface area contributed by atoms with Gasteiger partial charge in [0, 0.05) is 13.1 Å². The average Bonchev–Trinajstić information content (AvgIpc) is 2.93. The number of hydrogen-bond acceptors (Lipinski definition) is 4. The first kappa shape index (κ1) is 18.9.